The summed E-state index contributed by atoms with van der Waals surface area (Å²) in [6.07, 6.45) is 2.33. The second-order valence-electron chi connectivity index (χ2n) is 4.90. The van der Waals surface area contributed by atoms with Crippen LogP contribution in [0.15, 0.2) is 24.3 Å². The third-order valence-corrected chi connectivity index (χ3v) is 3.41. The van der Waals surface area contributed by atoms with E-state index in [-0.39, 0.29) is 6.61 Å². The van der Waals surface area contributed by atoms with Gasteiger partial charge in [0.2, 0.25) is 0 Å². The van der Waals surface area contributed by atoms with Crippen LogP contribution in [0.2, 0.25) is 0 Å². The summed E-state index contributed by atoms with van der Waals surface area (Å²) >= 11 is 0. The van der Waals surface area contributed by atoms with Crippen LogP contribution in [0.25, 0.3) is 0 Å². The predicted molar refractivity (Wildman–Crippen MR) is 82.7 cm³/mol. The topological polar surface area (TPSA) is 35.5 Å². The minimum absolute atomic E-state index is 0.202. The average Bonchev–Trinajstić information content (AvgIpc) is 2.44. The molecule has 2 N–H and O–H groups in total. The van der Waals surface area contributed by atoms with Gasteiger partial charge < -0.3 is 15.3 Å². The molecule has 0 aliphatic rings. The van der Waals surface area contributed by atoms with E-state index in [4.69, 9.17) is 0 Å². The van der Waals surface area contributed by atoms with Crippen LogP contribution in [0, 0.1) is 0 Å². The minimum atomic E-state index is 0.202. The molecule has 3 heteroatoms. The number of benzene rings is 1. The van der Waals surface area contributed by atoms with Gasteiger partial charge in [-0.2, -0.15) is 0 Å². The summed E-state index contributed by atoms with van der Waals surface area (Å²) in [6, 6.07) is 8.84. The monoisotopic (exact) mass is 264 g/mol. The number of para-hydroxylation sites is 1. The highest BCUT2D eigenvalue weighted by atomic mass is 16.3. The molecule has 0 saturated carbocycles. The Morgan fingerprint density at radius 1 is 1.21 bits per heavy atom. The normalized spacial score (nSPS) is 12.4. The molecule has 3 nitrogen and oxygen atoms in total. The third kappa shape index (κ3) is 4.84. The Morgan fingerprint density at radius 2 is 1.95 bits per heavy atom. The maximum absolute atomic E-state index is 9.27. The van der Waals surface area contributed by atoms with Crippen molar-refractivity contribution in [3.05, 3.63) is 29.8 Å². The average molecular weight is 264 g/mol. The lowest BCUT2D eigenvalue weighted by Crippen LogP contribution is -2.30. The van der Waals surface area contributed by atoms with E-state index in [1.807, 2.05) is 0 Å². The summed E-state index contributed by atoms with van der Waals surface area (Å²) < 4.78 is 0. The minimum Gasteiger partial charge on any atom is -0.395 e. The predicted octanol–water partition coefficient (Wildman–Crippen LogP) is 2.96. The number of nitrogens with zero attached hydrogens (tertiary/aromatic N) is 1. The van der Waals surface area contributed by atoms with Crippen molar-refractivity contribution in [3.8, 4) is 0 Å². The smallest absolute Gasteiger partial charge is 0.0606 e. The number of aliphatic hydroxyl groups excluding tert-OH is 1. The molecule has 1 rings (SSSR count). The molecule has 0 amide bonds. The Labute approximate surface area is 117 Å². The van der Waals surface area contributed by atoms with E-state index < -0.39 is 0 Å². The molecule has 0 aliphatic carbocycles. The van der Waals surface area contributed by atoms with Crippen LogP contribution < -0.4 is 10.2 Å². The Kier molecular flexibility index (Phi) is 7.53. The van der Waals surface area contributed by atoms with Gasteiger partial charge in [0.15, 0.2) is 0 Å². The lowest BCUT2D eigenvalue weighted by atomic mass is 10.0. The van der Waals surface area contributed by atoms with Crippen molar-refractivity contribution in [2.75, 3.05) is 31.1 Å². The third-order valence-electron chi connectivity index (χ3n) is 3.41. The maximum atomic E-state index is 9.27. The standard InChI is InChI=1S/C16H28N2O/c1-4-6-11-18(12-13-19)16-10-8-7-9-15(16)14(3)17-5-2/h7-10,14,17,19H,4-6,11-13H2,1-3H3. The largest absolute Gasteiger partial charge is 0.395 e. The number of nitrogens with one attached hydrogen (secondary N) is 1. The van der Waals surface area contributed by atoms with E-state index in [0.717, 1.165) is 19.5 Å². The first-order valence-electron chi connectivity index (χ1n) is 7.42. The molecule has 0 heterocycles. The molecule has 1 atom stereocenters. The van der Waals surface area contributed by atoms with Crippen molar-refractivity contribution >= 4 is 5.69 Å². The summed E-state index contributed by atoms with van der Waals surface area (Å²) in [5.74, 6) is 0. The van der Waals surface area contributed by atoms with E-state index in [0.29, 0.717) is 12.6 Å². The van der Waals surface area contributed by atoms with E-state index in [1.165, 1.54) is 17.7 Å². The van der Waals surface area contributed by atoms with Gasteiger partial charge in [0.05, 0.1) is 6.61 Å². The quantitative estimate of drug-likeness (QED) is 0.720. The lowest BCUT2D eigenvalue weighted by molar-refractivity contribution is 0.301. The summed E-state index contributed by atoms with van der Waals surface area (Å²) in [7, 11) is 0. The number of unbranched alkanes of at least 4 members (excludes halogenated alkanes) is 1. The second-order valence-corrected chi connectivity index (χ2v) is 4.90. The summed E-state index contributed by atoms with van der Waals surface area (Å²) in [5, 5.41) is 12.7. The van der Waals surface area contributed by atoms with Gasteiger partial charge >= 0.3 is 0 Å². The number of aliphatic hydroxyl groups is 1. The molecule has 1 aromatic rings. The molecular formula is C16H28N2O. The molecule has 1 unspecified atom stereocenters. The fraction of sp³-hybridized carbons (Fsp3) is 0.625. The zero-order valence-corrected chi connectivity index (χ0v) is 12.5. The Balaban J connectivity index is 2.93. The van der Waals surface area contributed by atoms with E-state index in [1.54, 1.807) is 0 Å². The van der Waals surface area contributed by atoms with Crippen LogP contribution in [-0.2, 0) is 0 Å². The van der Waals surface area contributed by atoms with E-state index >= 15 is 0 Å². The molecule has 108 valence electrons. The fourth-order valence-corrected chi connectivity index (χ4v) is 2.38. The highest BCUT2D eigenvalue weighted by molar-refractivity contribution is 5.55. The van der Waals surface area contributed by atoms with Crippen LogP contribution in [0.5, 0.6) is 0 Å². The van der Waals surface area contributed by atoms with Crippen LogP contribution in [0.4, 0.5) is 5.69 Å². The van der Waals surface area contributed by atoms with Gasteiger partial charge in [-0.3, -0.25) is 0 Å². The van der Waals surface area contributed by atoms with Gasteiger partial charge in [-0.15, -0.1) is 0 Å². The zero-order chi connectivity index (χ0) is 14.1. The summed E-state index contributed by atoms with van der Waals surface area (Å²) in [6.45, 7) is 9.39. The molecule has 1 aromatic carbocycles. The van der Waals surface area contributed by atoms with Crippen molar-refractivity contribution in [2.24, 2.45) is 0 Å². The molecular weight excluding hydrogens is 236 g/mol. The molecule has 0 radical (unpaired) electrons. The van der Waals surface area contributed by atoms with Crippen molar-refractivity contribution in [1.29, 1.82) is 0 Å². The lowest BCUT2D eigenvalue weighted by Gasteiger charge is -2.28. The molecule has 19 heavy (non-hydrogen) atoms. The van der Waals surface area contributed by atoms with Crippen molar-refractivity contribution < 1.29 is 5.11 Å². The first-order valence-corrected chi connectivity index (χ1v) is 7.42. The highest BCUT2D eigenvalue weighted by Crippen LogP contribution is 2.26. The number of hydrogen-bond acceptors (Lipinski definition) is 3. The van der Waals surface area contributed by atoms with Crippen molar-refractivity contribution in [1.82, 2.24) is 5.32 Å². The molecule has 0 fully saturated rings. The Morgan fingerprint density at radius 3 is 2.58 bits per heavy atom. The van der Waals surface area contributed by atoms with Crippen LogP contribution in [-0.4, -0.2) is 31.3 Å². The molecule has 0 spiro atoms. The van der Waals surface area contributed by atoms with Crippen LogP contribution in [0.3, 0.4) is 0 Å². The summed E-state index contributed by atoms with van der Waals surface area (Å²) in [5.41, 5.74) is 2.56. The Bertz CT molecular complexity index is 354. The van der Waals surface area contributed by atoms with Gasteiger partial charge in [-0.1, -0.05) is 38.5 Å². The first-order chi connectivity index (χ1) is 9.24. The number of hydrogen-bond donors (Lipinski definition) is 2. The highest BCUT2D eigenvalue weighted by Gasteiger charge is 2.14. The fourth-order valence-electron chi connectivity index (χ4n) is 2.38. The first kappa shape index (κ1) is 16.0. The molecule has 0 aliphatic heterocycles. The van der Waals surface area contributed by atoms with E-state index in [9.17, 15) is 5.11 Å². The van der Waals surface area contributed by atoms with Gasteiger partial charge in [0, 0.05) is 24.8 Å². The second kappa shape index (κ2) is 8.94. The Hall–Kier alpha value is -1.06. The van der Waals surface area contributed by atoms with Crippen molar-refractivity contribution in [3.63, 3.8) is 0 Å². The van der Waals surface area contributed by atoms with Gasteiger partial charge in [0.25, 0.3) is 0 Å². The summed E-state index contributed by atoms with van der Waals surface area (Å²) in [4.78, 5) is 2.30. The van der Waals surface area contributed by atoms with E-state index in [2.05, 4.69) is 55.3 Å². The van der Waals surface area contributed by atoms with Crippen molar-refractivity contribution in [2.45, 2.75) is 39.7 Å². The van der Waals surface area contributed by atoms with Gasteiger partial charge in [-0.25, -0.2) is 0 Å². The van der Waals surface area contributed by atoms with Crippen LogP contribution >= 0.6 is 0 Å². The van der Waals surface area contributed by atoms with Gasteiger partial charge in [-0.05, 0) is 31.5 Å². The SMILES string of the molecule is CCCCN(CCO)c1ccccc1C(C)NCC. The molecule has 0 bridgehead atoms. The number of rotatable bonds is 9. The number of anilines is 1. The maximum Gasteiger partial charge on any atom is 0.0606 e. The molecule has 0 saturated heterocycles. The van der Waals surface area contributed by atoms with Gasteiger partial charge in [0.1, 0.15) is 0 Å². The van der Waals surface area contributed by atoms with Crippen LogP contribution in [0.1, 0.15) is 45.2 Å². The zero-order valence-electron chi connectivity index (χ0n) is 12.5. The molecule has 0 aromatic heterocycles.